The van der Waals surface area contributed by atoms with Gasteiger partial charge in [-0.3, -0.25) is 4.79 Å². The fraction of sp³-hybridized carbons (Fsp3) is 0.643. The van der Waals surface area contributed by atoms with Crippen molar-refractivity contribution in [3.05, 3.63) is 20.8 Å². The molecule has 0 radical (unpaired) electrons. The molecule has 1 rings (SSSR count). The van der Waals surface area contributed by atoms with E-state index < -0.39 is 0 Å². The first-order chi connectivity index (χ1) is 9.05. The van der Waals surface area contributed by atoms with Crippen LogP contribution in [0.3, 0.4) is 0 Å². The first-order valence-electron chi connectivity index (χ1n) is 6.80. The van der Waals surface area contributed by atoms with Crippen LogP contribution in [-0.2, 0) is 11.2 Å². The molecule has 3 N–H and O–H groups in total. The topological polar surface area (TPSA) is 55.1 Å². The van der Waals surface area contributed by atoms with Gasteiger partial charge in [0.2, 0.25) is 5.91 Å². The SMILES string of the molecule is CCC(CC)(CN)NC(=O)CCCc1ccc(Br)s1.Cl. The van der Waals surface area contributed by atoms with Crippen LogP contribution in [0.1, 0.15) is 44.4 Å². The maximum atomic E-state index is 12.0. The van der Waals surface area contributed by atoms with Crippen LogP contribution < -0.4 is 11.1 Å². The van der Waals surface area contributed by atoms with E-state index in [0.717, 1.165) is 29.5 Å². The molecule has 6 heteroatoms. The molecule has 1 amide bonds. The lowest BCUT2D eigenvalue weighted by Crippen LogP contribution is -2.52. The zero-order valence-corrected chi connectivity index (χ0v) is 15.3. The molecule has 0 bridgehead atoms. The number of thiophene rings is 1. The molecule has 1 aromatic rings. The molecule has 20 heavy (non-hydrogen) atoms. The average Bonchev–Trinajstić information content (AvgIpc) is 2.82. The van der Waals surface area contributed by atoms with E-state index in [0.29, 0.717) is 13.0 Å². The molecule has 1 aromatic heterocycles. The molecule has 0 aliphatic rings. The first kappa shape index (κ1) is 19.9. The lowest BCUT2D eigenvalue weighted by atomic mass is 9.92. The van der Waals surface area contributed by atoms with Crippen LogP contribution in [0.25, 0.3) is 0 Å². The number of aryl methyl sites for hydroxylation is 1. The Hall–Kier alpha value is -0.100. The van der Waals surface area contributed by atoms with E-state index in [1.165, 1.54) is 4.88 Å². The number of halogens is 2. The lowest BCUT2D eigenvalue weighted by Gasteiger charge is -2.31. The molecule has 0 unspecified atom stereocenters. The van der Waals surface area contributed by atoms with Crippen LogP contribution in [0.5, 0.6) is 0 Å². The van der Waals surface area contributed by atoms with Crippen LogP contribution in [-0.4, -0.2) is 18.0 Å². The van der Waals surface area contributed by atoms with E-state index in [1.54, 1.807) is 11.3 Å². The molecule has 1 heterocycles. The minimum atomic E-state index is -0.219. The van der Waals surface area contributed by atoms with Crippen LogP contribution in [0.2, 0.25) is 0 Å². The Morgan fingerprint density at radius 3 is 2.50 bits per heavy atom. The summed E-state index contributed by atoms with van der Waals surface area (Å²) >= 11 is 5.18. The Morgan fingerprint density at radius 1 is 1.40 bits per heavy atom. The maximum absolute atomic E-state index is 12.0. The van der Waals surface area contributed by atoms with E-state index in [9.17, 15) is 4.79 Å². The Labute approximate surface area is 140 Å². The number of amides is 1. The second kappa shape index (κ2) is 9.77. The largest absolute Gasteiger partial charge is 0.349 e. The number of nitrogens with two attached hydrogens (primary N) is 1. The summed E-state index contributed by atoms with van der Waals surface area (Å²) in [6.07, 6.45) is 4.16. The van der Waals surface area contributed by atoms with Gasteiger partial charge in [-0.15, -0.1) is 23.7 Å². The van der Waals surface area contributed by atoms with Gasteiger partial charge < -0.3 is 11.1 Å². The molecule has 116 valence electrons. The van der Waals surface area contributed by atoms with Crippen molar-refractivity contribution >= 4 is 45.6 Å². The van der Waals surface area contributed by atoms with Crippen molar-refractivity contribution in [2.45, 2.75) is 51.5 Å². The van der Waals surface area contributed by atoms with Crippen LogP contribution in [0.15, 0.2) is 15.9 Å². The minimum Gasteiger partial charge on any atom is -0.349 e. The Bertz CT molecular complexity index is 399. The summed E-state index contributed by atoms with van der Waals surface area (Å²) < 4.78 is 1.14. The highest BCUT2D eigenvalue weighted by Gasteiger charge is 2.25. The van der Waals surface area contributed by atoms with Crippen LogP contribution in [0, 0.1) is 0 Å². The third-order valence-corrected chi connectivity index (χ3v) is 5.29. The van der Waals surface area contributed by atoms with Gasteiger partial charge in [-0.05, 0) is 53.7 Å². The van der Waals surface area contributed by atoms with Gasteiger partial charge in [0.05, 0.1) is 9.33 Å². The molecular weight excluding hydrogens is 360 g/mol. The zero-order chi connectivity index (χ0) is 14.3. The highest BCUT2D eigenvalue weighted by Crippen LogP contribution is 2.23. The van der Waals surface area contributed by atoms with Crippen molar-refractivity contribution < 1.29 is 4.79 Å². The number of rotatable bonds is 8. The summed E-state index contributed by atoms with van der Waals surface area (Å²) in [6, 6.07) is 4.16. The summed E-state index contributed by atoms with van der Waals surface area (Å²) in [5.74, 6) is 0.116. The molecule has 0 saturated carbocycles. The predicted molar refractivity (Wildman–Crippen MR) is 92.7 cm³/mol. The molecule has 0 aliphatic heterocycles. The summed E-state index contributed by atoms with van der Waals surface area (Å²) in [6.45, 7) is 4.64. The molecular formula is C14H24BrClN2OS. The van der Waals surface area contributed by atoms with E-state index >= 15 is 0 Å². The third kappa shape index (κ3) is 6.12. The zero-order valence-electron chi connectivity index (χ0n) is 12.1. The molecule has 0 aliphatic carbocycles. The minimum absolute atomic E-state index is 0. The average molecular weight is 384 g/mol. The third-order valence-electron chi connectivity index (χ3n) is 3.60. The molecule has 0 spiro atoms. The summed E-state index contributed by atoms with van der Waals surface area (Å²) in [5.41, 5.74) is 5.56. The molecule has 0 saturated heterocycles. The van der Waals surface area contributed by atoms with Gasteiger partial charge in [0, 0.05) is 17.8 Å². The summed E-state index contributed by atoms with van der Waals surface area (Å²) in [7, 11) is 0. The summed E-state index contributed by atoms with van der Waals surface area (Å²) in [5, 5.41) is 3.10. The molecule has 0 fully saturated rings. The van der Waals surface area contributed by atoms with E-state index in [4.69, 9.17) is 5.73 Å². The Balaban J connectivity index is 0.00000361. The second-order valence-electron chi connectivity index (χ2n) is 4.80. The van der Waals surface area contributed by atoms with Gasteiger partial charge in [-0.25, -0.2) is 0 Å². The van der Waals surface area contributed by atoms with Crippen molar-refractivity contribution in [3.63, 3.8) is 0 Å². The monoisotopic (exact) mass is 382 g/mol. The van der Waals surface area contributed by atoms with Crippen LogP contribution in [0.4, 0.5) is 0 Å². The Kier molecular flexibility index (Phi) is 9.72. The smallest absolute Gasteiger partial charge is 0.220 e. The highest BCUT2D eigenvalue weighted by molar-refractivity contribution is 9.11. The fourth-order valence-corrected chi connectivity index (χ4v) is 3.56. The number of nitrogens with one attached hydrogen (secondary N) is 1. The molecule has 3 nitrogen and oxygen atoms in total. The molecule has 0 atom stereocenters. The van der Waals surface area contributed by atoms with Crippen LogP contribution >= 0.6 is 39.7 Å². The van der Waals surface area contributed by atoms with Gasteiger partial charge >= 0.3 is 0 Å². The van der Waals surface area contributed by atoms with Gasteiger partial charge in [0.15, 0.2) is 0 Å². The highest BCUT2D eigenvalue weighted by atomic mass is 79.9. The Morgan fingerprint density at radius 2 is 2.05 bits per heavy atom. The van der Waals surface area contributed by atoms with Gasteiger partial charge in [-0.2, -0.15) is 0 Å². The van der Waals surface area contributed by atoms with Gasteiger partial charge in [0.25, 0.3) is 0 Å². The van der Waals surface area contributed by atoms with E-state index in [1.807, 2.05) is 6.07 Å². The summed E-state index contributed by atoms with van der Waals surface area (Å²) in [4.78, 5) is 13.3. The number of hydrogen-bond acceptors (Lipinski definition) is 3. The van der Waals surface area contributed by atoms with E-state index in [-0.39, 0.29) is 23.9 Å². The van der Waals surface area contributed by atoms with Crippen molar-refractivity contribution in [1.82, 2.24) is 5.32 Å². The fourth-order valence-electron chi connectivity index (χ4n) is 2.03. The predicted octanol–water partition coefficient (Wildman–Crippen LogP) is 3.89. The van der Waals surface area contributed by atoms with Gasteiger partial charge in [-0.1, -0.05) is 13.8 Å². The first-order valence-corrected chi connectivity index (χ1v) is 8.41. The van der Waals surface area contributed by atoms with E-state index in [2.05, 4.69) is 41.2 Å². The standard InChI is InChI=1S/C14H23BrN2OS.ClH/c1-3-14(4-2,10-16)17-13(18)7-5-6-11-8-9-12(15)19-11;/h8-9H,3-7,10,16H2,1-2H3,(H,17,18);1H. The van der Waals surface area contributed by atoms with Crippen molar-refractivity contribution in [3.8, 4) is 0 Å². The van der Waals surface area contributed by atoms with Crippen molar-refractivity contribution in [2.75, 3.05) is 6.54 Å². The maximum Gasteiger partial charge on any atom is 0.220 e. The van der Waals surface area contributed by atoms with Gasteiger partial charge in [0.1, 0.15) is 0 Å². The number of carbonyl (C=O) groups excluding carboxylic acids is 1. The van der Waals surface area contributed by atoms with Crippen molar-refractivity contribution in [1.29, 1.82) is 0 Å². The number of hydrogen-bond donors (Lipinski definition) is 2. The normalized spacial score (nSPS) is 11.0. The number of carbonyl (C=O) groups is 1. The second-order valence-corrected chi connectivity index (χ2v) is 7.35. The molecule has 0 aromatic carbocycles. The van der Waals surface area contributed by atoms with Crippen molar-refractivity contribution in [2.24, 2.45) is 5.73 Å². The lowest BCUT2D eigenvalue weighted by molar-refractivity contribution is -0.123. The quantitative estimate of drug-likeness (QED) is 0.715.